The fourth-order valence-electron chi connectivity index (χ4n) is 8.20. The van der Waals surface area contributed by atoms with E-state index in [4.69, 9.17) is 27.6 Å². The Balaban J connectivity index is 1.13. The van der Waals surface area contributed by atoms with Crippen LogP contribution < -0.4 is 14.7 Å². The third-order valence-corrected chi connectivity index (χ3v) is 12.2. The van der Waals surface area contributed by atoms with E-state index in [0.29, 0.717) is 22.6 Å². The van der Waals surface area contributed by atoms with Gasteiger partial charge >= 0.3 is 0 Å². The molecule has 6 atom stereocenters. The lowest BCUT2D eigenvalue weighted by Gasteiger charge is -2.49. The third-order valence-electron chi connectivity index (χ3n) is 10.8. The number of rotatable bonds is 7. The van der Waals surface area contributed by atoms with Crippen molar-refractivity contribution in [3.63, 3.8) is 0 Å². The monoisotopic (exact) mass is 755 g/mol. The number of hydrogen-bond acceptors (Lipinski definition) is 9. The molecule has 1 saturated carbocycles. The fraction of sp³-hybridized carbons (Fsp3) is 0.282. The van der Waals surface area contributed by atoms with Gasteiger partial charge in [0.2, 0.25) is 11.8 Å². The first-order valence-electron chi connectivity index (χ1n) is 17.0. The molecule has 270 valence electrons. The van der Waals surface area contributed by atoms with Gasteiger partial charge in [0.05, 0.1) is 40.5 Å². The number of imide groups is 2. The second-order valence-corrected chi connectivity index (χ2v) is 15.1. The molecule has 1 aromatic heterocycles. The maximum atomic E-state index is 14.4. The predicted octanol–water partition coefficient (Wildman–Crippen LogP) is 7.16. The SMILES string of the molecule is CN(C)c1ccc(N=Nc2ccc(N3C(=O)[C@H]4[C@H](CC=C5[C@H]4C[C@@]4(Cl)C(=O)N(c6ccc(F)cc6)C(=O)[C@@]4(Cl)[C@H]5c4ccc(CO)o4)C3=O)cc2)cc1. The minimum atomic E-state index is -2.14. The van der Waals surface area contributed by atoms with Crippen molar-refractivity contribution in [1.29, 1.82) is 0 Å². The molecule has 11 nitrogen and oxygen atoms in total. The number of nitrogens with zero attached hydrogens (tertiary/aromatic N) is 5. The lowest BCUT2D eigenvalue weighted by Crippen LogP contribution is -2.60. The van der Waals surface area contributed by atoms with E-state index >= 15 is 0 Å². The summed E-state index contributed by atoms with van der Waals surface area (Å²) in [4.78, 5) is 56.9. The van der Waals surface area contributed by atoms with Crippen LogP contribution >= 0.6 is 23.2 Å². The normalized spacial score (nSPS) is 28.0. The topological polar surface area (TPSA) is 136 Å². The zero-order chi connectivity index (χ0) is 37.4. The highest BCUT2D eigenvalue weighted by Crippen LogP contribution is 2.66. The average Bonchev–Trinajstić information content (AvgIpc) is 3.77. The van der Waals surface area contributed by atoms with Crippen LogP contribution in [-0.2, 0) is 25.8 Å². The van der Waals surface area contributed by atoms with Gasteiger partial charge in [-0.25, -0.2) is 9.29 Å². The molecule has 2 saturated heterocycles. The molecule has 4 aliphatic rings. The molecule has 2 aliphatic heterocycles. The van der Waals surface area contributed by atoms with Gasteiger partial charge in [-0.05, 0) is 104 Å². The van der Waals surface area contributed by atoms with Crippen molar-refractivity contribution in [2.45, 2.75) is 35.1 Å². The number of halogens is 3. The number of carbonyl (C=O) groups is 4. The second kappa shape index (κ2) is 12.8. The van der Waals surface area contributed by atoms with Crippen LogP contribution in [0.15, 0.2) is 111 Å². The van der Waals surface area contributed by atoms with E-state index in [1.165, 1.54) is 18.2 Å². The molecule has 3 heterocycles. The molecular weight excluding hydrogens is 724 g/mol. The highest BCUT2D eigenvalue weighted by Gasteiger charge is 2.77. The van der Waals surface area contributed by atoms with Gasteiger partial charge in [0, 0.05) is 19.8 Å². The molecule has 53 heavy (non-hydrogen) atoms. The molecule has 1 N–H and O–H groups in total. The van der Waals surface area contributed by atoms with Crippen LogP contribution in [0.3, 0.4) is 0 Å². The molecule has 0 spiro atoms. The van der Waals surface area contributed by atoms with Gasteiger partial charge < -0.3 is 14.4 Å². The Kier molecular flexibility index (Phi) is 8.39. The first-order chi connectivity index (χ1) is 25.4. The maximum Gasteiger partial charge on any atom is 0.258 e. The van der Waals surface area contributed by atoms with E-state index in [1.807, 2.05) is 43.3 Å². The summed E-state index contributed by atoms with van der Waals surface area (Å²) in [5, 5.41) is 18.4. The zero-order valence-corrected chi connectivity index (χ0v) is 30.0. The van der Waals surface area contributed by atoms with E-state index in [1.54, 1.807) is 36.4 Å². The number of azo groups is 1. The summed E-state index contributed by atoms with van der Waals surface area (Å²) in [5.41, 5.74) is 3.15. The Morgan fingerprint density at radius 3 is 2.02 bits per heavy atom. The van der Waals surface area contributed by atoms with E-state index in [-0.39, 0.29) is 30.0 Å². The van der Waals surface area contributed by atoms with Crippen LogP contribution in [0.2, 0.25) is 0 Å². The summed E-state index contributed by atoms with van der Waals surface area (Å²) in [6, 6.07) is 22.0. The number of furan rings is 1. The number of fused-ring (bicyclic) bond motifs is 4. The van der Waals surface area contributed by atoms with Gasteiger partial charge in [-0.15, -0.1) is 23.2 Å². The molecule has 0 bridgehead atoms. The molecule has 8 rings (SSSR count). The molecule has 0 radical (unpaired) electrons. The van der Waals surface area contributed by atoms with Crippen molar-refractivity contribution in [3.05, 3.63) is 114 Å². The smallest absolute Gasteiger partial charge is 0.258 e. The zero-order valence-electron chi connectivity index (χ0n) is 28.4. The first kappa shape index (κ1) is 34.9. The number of allylic oxidation sites excluding steroid dienone is 2. The lowest BCUT2D eigenvalue weighted by molar-refractivity contribution is -0.125. The summed E-state index contributed by atoms with van der Waals surface area (Å²) in [6.07, 6.45) is 1.71. The Bertz CT molecular complexity index is 2220. The highest BCUT2D eigenvalue weighted by atomic mass is 35.5. The lowest BCUT2D eigenvalue weighted by atomic mass is 9.57. The van der Waals surface area contributed by atoms with Crippen LogP contribution in [0.25, 0.3) is 0 Å². The van der Waals surface area contributed by atoms with Crippen LogP contribution in [0, 0.1) is 23.6 Å². The Hall–Kier alpha value is -5.17. The average molecular weight is 757 g/mol. The Morgan fingerprint density at radius 1 is 0.811 bits per heavy atom. The van der Waals surface area contributed by atoms with E-state index < -0.39 is 69.5 Å². The van der Waals surface area contributed by atoms with Gasteiger partial charge in [-0.3, -0.25) is 24.1 Å². The maximum absolute atomic E-state index is 14.4. The van der Waals surface area contributed by atoms with Gasteiger partial charge in [0.15, 0.2) is 9.75 Å². The van der Waals surface area contributed by atoms with Gasteiger partial charge in [0.1, 0.15) is 23.9 Å². The predicted molar refractivity (Wildman–Crippen MR) is 195 cm³/mol. The standard InChI is InChI=1S/C39H32Cl2FN5O6/c1-45(2)24-11-5-22(6-12-24)43-44-23-7-13-25(14-8-23)46-34(49)29-17-16-28-30(32(29)35(46)50)19-38(40)36(51)47(26-9-3-21(42)4-10-26)37(52)39(38,41)33(28)31-18-15-27(20-48)53-31/h3-16,18,29-30,32-33,48H,17,19-20H2,1-2H3/t29-,30+,32-,33+,38+,39-/m0/s1. The number of aliphatic hydroxyl groups excluding tert-OH is 1. The Morgan fingerprint density at radius 2 is 1.42 bits per heavy atom. The van der Waals surface area contributed by atoms with Crippen molar-refractivity contribution in [3.8, 4) is 0 Å². The van der Waals surface area contributed by atoms with Crippen molar-refractivity contribution in [2.24, 2.45) is 28.0 Å². The molecule has 3 aromatic carbocycles. The second-order valence-electron chi connectivity index (χ2n) is 13.9. The number of carbonyl (C=O) groups excluding carboxylic acids is 4. The largest absolute Gasteiger partial charge is 0.463 e. The molecule has 4 aromatic rings. The number of benzene rings is 3. The van der Waals surface area contributed by atoms with E-state index in [2.05, 4.69) is 10.2 Å². The van der Waals surface area contributed by atoms with Gasteiger partial charge in [0.25, 0.3) is 11.8 Å². The molecule has 0 unspecified atom stereocenters. The van der Waals surface area contributed by atoms with Crippen LogP contribution in [-0.4, -0.2) is 52.6 Å². The van der Waals surface area contributed by atoms with Gasteiger partial charge in [-0.1, -0.05) is 11.6 Å². The summed E-state index contributed by atoms with van der Waals surface area (Å²) in [6.45, 7) is -0.443. The van der Waals surface area contributed by atoms with Crippen molar-refractivity contribution < 1.29 is 33.1 Å². The third kappa shape index (κ3) is 5.25. The number of hydrogen-bond donors (Lipinski definition) is 1. The van der Waals surface area contributed by atoms with Crippen LogP contribution in [0.1, 0.15) is 30.3 Å². The first-order valence-corrected chi connectivity index (χ1v) is 17.7. The van der Waals surface area contributed by atoms with Crippen molar-refractivity contribution in [2.75, 3.05) is 28.8 Å². The number of anilines is 3. The molecule has 4 amide bonds. The highest BCUT2D eigenvalue weighted by molar-refractivity contribution is 6.58. The molecule has 2 aliphatic carbocycles. The molecule has 3 fully saturated rings. The summed E-state index contributed by atoms with van der Waals surface area (Å²) in [7, 11) is 3.89. The van der Waals surface area contributed by atoms with Crippen molar-refractivity contribution >= 4 is 75.3 Å². The summed E-state index contributed by atoms with van der Waals surface area (Å²) < 4.78 is 19.8. The quantitative estimate of drug-likeness (QED) is 0.0915. The van der Waals surface area contributed by atoms with Crippen LogP contribution in [0.4, 0.5) is 32.8 Å². The molecule has 14 heteroatoms. The van der Waals surface area contributed by atoms with Gasteiger partial charge in [-0.2, -0.15) is 10.2 Å². The number of aliphatic hydroxyl groups is 1. The molecular formula is C39H32Cl2FN5O6. The number of alkyl halides is 2. The number of amides is 4. The van der Waals surface area contributed by atoms with Crippen molar-refractivity contribution in [1.82, 2.24) is 0 Å². The minimum Gasteiger partial charge on any atom is -0.463 e. The van der Waals surface area contributed by atoms with E-state index in [9.17, 15) is 28.7 Å². The summed E-state index contributed by atoms with van der Waals surface area (Å²) in [5.74, 6) is -6.41. The summed E-state index contributed by atoms with van der Waals surface area (Å²) >= 11 is 14.7. The Labute approximate surface area is 313 Å². The fourth-order valence-corrected chi connectivity index (χ4v) is 9.12. The minimum absolute atomic E-state index is 0.0726. The van der Waals surface area contributed by atoms with Crippen LogP contribution in [0.5, 0.6) is 0 Å². The van der Waals surface area contributed by atoms with E-state index in [0.717, 1.165) is 27.6 Å².